The molecule has 2 aliphatic rings. The Balaban J connectivity index is 1.91. The van der Waals surface area contributed by atoms with Crippen LogP contribution in [0.1, 0.15) is 103 Å². The number of hydrogen-bond acceptors (Lipinski definition) is 11. The van der Waals surface area contributed by atoms with E-state index < -0.39 is 53.5 Å². The molecule has 1 aromatic rings. The van der Waals surface area contributed by atoms with E-state index in [9.17, 15) is 28.8 Å². The predicted octanol–water partition coefficient (Wildman–Crippen LogP) is 1.42. The average Bonchev–Trinajstić information content (AvgIpc) is 3.55. The van der Waals surface area contributed by atoms with Gasteiger partial charge in [-0.3, -0.25) is 40.0 Å². The summed E-state index contributed by atoms with van der Waals surface area (Å²) >= 11 is 0. The lowest BCUT2D eigenvalue weighted by Gasteiger charge is -2.34. The highest BCUT2D eigenvalue weighted by molar-refractivity contribution is 6.41. The van der Waals surface area contributed by atoms with Gasteiger partial charge in [-0.05, 0) is 68.9 Å². The molecule has 5 atom stereocenters. The third-order valence-corrected chi connectivity index (χ3v) is 9.73. The number of rotatable bonds is 21. The maximum absolute atomic E-state index is 14.3. The van der Waals surface area contributed by atoms with Gasteiger partial charge in [0.1, 0.15) is 18.2 Å². The van der Waals surface area contributed by atoms with Gasteiger partial charge in [0.2, 0.25) is 29.3 Å². The van der Waals surface area contributed by atoms with Gasteiger partial charge in [0.15, 0.2) is 0 Å². The van der Waals surface area contributed by atoms with Gasteiger partial charge in [-0.1, -0.05) is 63.8 Å². The molecule has 0 radical (unpaired) electrons. The number of amidine groups is 1. The van der Waals surface area contributed by atoms with Gasteiger partial charge >= 0.3 is 0 Å². The first-order valence-electron chi connectivity index (χ1n) is 18.4. The first-order valence-corrected chi connectivity index (χ1v) is 18.4. The molecular formula is C37H58N8O6. The number of nitrogens with two attached hydrogens (primary N) is 2. The Bertz CT molecular complexity index is 1360. The number of hydrogen-bond donors (Lipinski definition) is 7. The minimum Gasteiger partial charge on any atom is -0.384 e. The van der Waals surface area contributed by atoms with Crippen LogP contribution in [0.3, 0.4) is 0 Å². The Morgan fingerprint density at radius 3 is 2.18 bits per heavy atom. The molecule has 1 heterocycles. The fraction of sp³-hybridized carbons (Fsp3) is 0.649. The number of nitrogen functional groups attached to an aromatic ring is 1. The van der Waals surface area contributed by atoms with E-state index in [1.54, 1.807) is 29.3 Å². The van der Waals surface area contributed by atoms with Gasteiger partial charge in [0, 0.05) is 25.5 Å². The van der Waals surface area contributed by atoms with Crippen molar-refractivity contribution in [2.75, 3.05) is 13.1 Å². The van der Waals surface area contributed by atoms with Gasteiger partial charge in [-0.15, -0.1) is 0 Å². The summed E-state index contributed by atoms with van der Waals surface area (Å²) in [5, 5.41) is 17.8. The summed E-state index contributed by atoms with van der Waals surface area (Å²) in [4.78, 5) is 79.2. The van der Waals surface area contributed by atoms with Crippen LogP contribution in [0.2, 0.25) is 0 Å². The number of nitrogens with zero attached hydrogens (tertiary/aromatic N) is 1. The highest BCUT2D eigenvalue weighted by Gasteiger charge is 2.39. The molecular weight excluding hydrogens is 652 g/mol. The fourth-order valence-corrected chi connectivity index (χ4v) is 7.01. The molecule has 2 fully saturated rings. The van der Waals surface area contributed by atoms with Crippen molar-refractivity contribution in [1.29, 1.82) is 5.41 Å². The summed E-state index contributed by atoms with van der Waals surface area (Å²) in [7, 11) is 0. The minimum atomic E-state index is -1.13. The van der Waals surface area contributed by atoms with Crippen LogP contribution in [0.4, 0.5) is 0 Å². The van der Waals surface area contributed by atoms with E-state index in [0.29, 0.717) is 49.9 Å². The maximum Gasteiger partial charge on any atom is 0.249 e. The molecule has 0 spiro atoms. The van der Waals surface area contributed by atoms with Gasteiger partial charge in [0.05, 0.1) is 24.2 Å². The maximum atomic E-state index is 14.3. The molecule has 51 heavy (non-hydrogen) atoms. The topological polar surface area (TPSA) is 230 Å². The Labute approximate surface area is 301 Å². The smallest absolute Gasteiger partial charge is 0.249 e. The monoisotopic (exact) mass is 710 g/mol. The number of imide groups is 1. The van der Waals surface area contributed by atoms with Crippen LogP contribution in [0.25, 0.3) is 0 Å². The number of benzene rings is 1. The zero-order chi connectivity index (χ0) is 37.5. The largest absolute Gasteiger partial charge is 0.384 e. The van der Waals surface area contributed by atoms with E-state index in [2.05, 4.69) is 21.4 Å². The predicted molar refractivity (Wildman–Crippen MR) is 194 cm³/mol. The Morgan fingerprint density at radius 2 is 1.59 bits per heavy atom. The van der Waals surface area contributed by atoms with Crippen LogP contribution >= 0.6 is 0 Å². The van der Waals surface area contributed by atoms with E-state index in [1.807, 2.05) is 13.8 Å². The summed E-state index contributed by atoms with van der Waals surface area (Å²) in [6.07, 6.45) is 8.46. The van der Waals surface area contributed by atoms with Crippen molar-refractivity contribution < 1.29 is 28.8 Å². The lowest BCUT2D eigenvalue weighted by Crippen LogP contribution is -2.60. The highest BCUT2D eigenvalue weighted by Crippen LogP contribution is 2.28. The van der Waals surface area contributed by atoms with E-state index in [1.165, 1.54) is 6.92 Å². The summed E-state index contributed by atoms with van der Waals surface area (Å²) in [6.45, 7) is 6.13. The van der Waals surface area contributed by atoms with Crippen LogP contribution < -0.4 is 32.8 Å². The number of aldehydes is 1. The first-order chi connectivity index (χ1) is 24.3. The summed E-state index contributed by atoms with van der Waals surface area (Å²) in [6, 6.07) is 2.47. The van der Waals surface area contributed by atoms with Gasteiger partial charge in [-0.25, -0.2) is 10.4 Å². The Morgan fingerprint density at radius 1 is 0.922 bits per heavy atom. The minimum absolute atomic E-state index is 0.0542. The molecule has 14 nitrogen and oxygen atoms in total. The van der Waals surface area contributed by atoms with E-state index in [0.717, 1.165) is 44.8 Å². The number of ketones is 2. The van der Waals surface area contributed by atoms with Crippen LogP contribution in [0, 0.1) is 17.2 Å². The number of unbranched alkanes of at least 4 members (excludes halogenated alkanes) is 1. The third kappa shape index (κ3) is 13.0. The van der Waals surface area contributed by atoms with Crippen molar-refractivity contribution >= 4 is 41.4 Å². The van der Waals surface area contributed by atoms with Gasteiger partial charge < -0.3 is 21.6 Å². The van der Waals surface area contributed by atoms with Crippen molar-refractivity contribution in [1.82, 2.24) is 26.4 Å². The molecule has 9 N–H and O–H groups in total. The van der Waals surface area contributed by atoms with Crippen molar-refractivity contribution in [3.63, 3.8) is 0 Å². The summed E-state index contributed by atoms with van der Waals surface area (Å²) < 4.78 is 0. The van der Waals surface area contributed by atoms with E-state index >= 15 is 0 Å². The molecule has 0 aromatic heterocycles. The normalized spacial score (nSPS) is 19.1. The lowest BCUT2D eigenvalue weighted by molar-refractivity contribution is -0.141. The molecule has 3 amide bonds. The number of carbonyl (C=O) groups excluding carboxylic acids is 6. The zero-order valence-electron chi connectivity index (χ0n) is 30.4. The number of nitrogens with one attached hydrogen (secondary N) is 5. The molecule has 282 valence electrons. The van der Waals surface area contributed by atoms with Crippen LogP contribution in [0.15, 0.2) is 24.3 Å². The van der Waals surface area contributed by atoms with Crippen molar-refractivity contribution in [2.24, 2.45) is 23.3 Å². The first kappa shape index (κ1) is 41.6. The SMILES string of the molecule is CC(=O)NC(=O)C(Cc1ccc(C(=N)N)cc1)NC(=O)C(NC(CCCCN)C(=O)C(=O)[C@H](CC(C)C)NN1CCC[C@H]1C=O)C1CCCCC1. The fourth-order valence-electron chi connectivity index (χ4n) is 7.01. The van der Waals surface area contributed by atoms with Crippen LogP contribution in [-0.4, -0.2) is 89.7 Å². The van der Waals surface area contributed by atoms with Gasteiger partial charge in [-0.2, -0.15) is 0 Å². The third-order valence-electron chi connectivity index (χ3n) is 9.73. The van der Waals surface area contributed by atoms with E-state index in [-0.39, 0.29) is 36.6 Å². The van der Waals surface area contributed by atoms with Crippen LogP contribution in [-0.2, 0) is 35.2 Å². The van der Waals surface area contributed by atoms with E-state index in [4.69, 9.17) is 16.9 Å². The highest BCUT2D eigenvalue weighted by atomic mass is 16.2. The van der Waals surface area contributed by atoms with Crippen molar-refractivity contribution in [2.45, 2.75) is 128 Å². The summed E-state index contributed by atoms with van der Waals surface area (Å²) in [5.41, 5.74) is 15.7. The molecule has 1 aliphatic carbocycles. The molecule has 1 saturated carbocycles. The molecule has 1 saturated heterocycles. The molecule has 14 heteroatoms. The molecule has 3 unspecified atom stereocenters. The Kier molecular flexibility index (Phi) is 17.0. The second-order valence-electron chi connectivity index (χ2n) is 14.4. The van der Waals surface area contributed by atoms with Crippen molar-refractivity contribution in [3.8, 4) is 0 Å². The number of Topliss-reactive ketones (excluding diaryl/α,β-unsaturated/α-hetero) is 2. The number of hydrazine groups is 1. The summed E-state index contributed by atoms with van der Waals surface area (Å²) in [5.74, 6) is -3.20. The standard InChI is InChI=1S/C37H58N8O6/c1-23(2)20-30(44-45-19-9-12-28(45)22-46)34(49)33(48)29(13-7-8-18-38)42-32(26-10-5-4-6-11-26)37(51)43-31(36(50)41-24(3)47)21-25-14-16-27(17-15-25)35(39)40/h14-17,22-23,26,28-32,42,44H,4-13,18-21,38H2,1-3H3,(H3,39,40)(H,43,51)(H,41,47,50)/t28-,29?,30-,31?,32?/m0/s1. The molecule has 0 bridgehead atoms. The molecule has 3 rings (SSSR count). The number of carbonyl (C=O) groups is 6. The zero-order valence-corrected chi connectivity index (χ0v) is 30.4. The van der Waals surface area contributed by atoms with Crippen LogP contribution in [0.5, 0.6) is 0 Å². The molecule has 1 aliphatic heterocycles. The number of amides is 3. The lowest BCUT2D eigenvalue weighted by atomic mass is 9.82. The Hall–Kier alpha value is -3.85. The second kappa shape index (κ2) is 20.9. The average molecular weight is 711 g/mol. The van der Waals surface area contributed by atoms with Gasteiger partial charge in [0.25, 0.3) is 0 Å². The van der Waals surface area contributed by atoms with Crippen molar-refractivity contribution in [3.05, 3.63) is 35.4 Å². The quantitative estimate of drug-likeness (QED) is 0.0317. The second-order valence-corrected chi connectivity index (χ2v) is 14.4. The molecule has 1 aromatic carbocycles.